The van der Waals surface area contributed by atoms with Gasteiger partial charge in [0, 0.05) is 19.5 Å². The zero-order valence-corrected chi connectivity index (χ0v) is 9.09. The van der Waals surface area contributed by atoms with Crippen molar-refractivity contribution in [2.45, 2.75) is 39.0 Å². The second-order valence-corrected chi connectivity index (χ2v) is 4.36. The van der Waals surface area contributed by atoms with Crippen LogP contribution in [0.2, 0.25) is 0 Å². The summed E-state index contributed by atoms with van der Waals surface area (Å²) in [5.74, 6) is 1.55. The average molecular weight is 198 g/mol. The molecule has 1 saturated carbocycles. The maximum Gasteiger partial charge on any atom is 0.221 e. The first kappa shape index (κ1) is 11.5. The monoisotopic (exact) mass is 198 g/mol. The summed E-state index contributed by atoms with van der Waals surface area (Å²) >= 11 is 0. The van der Waals surface area contributed by atoms with Gasteiger partial charge in [-0.25, -0.2) is 0 Å². The fourth-order valence-electron chi connectivity index (χ4n) is 2.16. The minimum Gasteiger partial charge on any atom is -0.356 e. The molecule has 1 fully saturated rings. The van der Waals surface area contributed by atoms with Gasteiger partial charge in [-0.2, -0.15) is 0 Å². The summed E-state index contributed by atoms with van der Waals surface area (Å²) in [5.41, 5.74) is 5.30. The van der Waals surface area contributed by atoms with Gasteiger partial charge in [0.2, 0.25) is 5.91 Å². The third-order valence-electron chi connectivity index (χ3n) is 3.22. The van der Waals surface area contributed by atoms with E-state index in [-0.39, 0.29) is 5.91 Å². The maximum absolute atomic E-state index is 11.2. The molecule has 3 heteroatoms. The van der Waals surface area contributed by atoms with E-state index >= 15 is 0 Å². The fraction of sp³-hybridized carbons (Fsp3) is 0.909. The van der Waals surface area contributed by atoms with Crippen LogP contribution in [0.4, 0.5) is 0 Å². The van der Waals surface area contributed by atoms with Crippen molar-refractivity contribution in [3.8, 4) is 0 Å². The van der Waals surface area contributed by atoms with Gasteiger partial charge >= 0.3 is 0 Å². The van der Waals surface area contributed by atoms with Crippen LogP contribution in [-0.4, -0.2) is 19.0 Å². The first-order chi connectivity index (χ1) is 6.74. The maximum atomic E-state index is 11.2. The van der Waals surface area contributed by atoms with Gasteiger partial charge in [0.25, 0.3) is 0 Å². The summed E-state index contributed by atoms with van der Waals surface area (Å²) in [5, 5.41) is 2.96. The van der Waals surface area contributed by atoms with Gasteiger partial charge in [0.05, 0.1) is 0 Å². The average Bonchev–Trinajstić information content (AvgIpc) is 2.17. The van der Waals surface area contributed by atoms with Gasteiger partial charge in [-0.1, -0.05) is 26.2 Å². The molecular formula is C11H22N2O. The Morgan fingerprint density at radius 1 is 1.43 bits per heavy atom. The number of hydrogen-bond acceptors (Lipinski definition) is 2. The molecule has 0 spiro atoms. The number of amides is 1. The van der Waals surface area contributed by atoms with Crippen molar-refractivity contribution in [3.05, 3.63) is 0 Å². The Hall–Kier alpha value is -0.570. The van der Waals surface area contributed by atoms with E-state index in [1.54, 1.807) is 0 Å². The van der Waals surface area contributed by atoms with Crippen LogP contribution < -0.4 is 11.1 Å². The zero-order valence-electron chi connectivity index (χ0n) is 9.09. The van der Waals surface area contributed by atoms with E-state index in [0.717, 1.165) is 12.5 Å². The second-order valence-electron chi connectivity index (χ2n) is 4.36. The number of nitrogens with two attached hydrogens (primary N) is 1. The number of nitrogens with one attached hydrogen (secondary N) is 1. The van der Waals surface area contributed by atoms with Crippen molar-refractivity contribution < 1.29 is 4.79 Å². The summed E-state index contributed by atoms with van der Waals surface area (Å²) in [7, 11) is 0. The summed E-state index contributed by atoms with van der Waals surface area (Å²) < 4.78 is 0. The first-order valence-corrected chi connectivity index (χ1v) is 5.70. The van der Waals surface area contributed by atoms with E-state index in [0.29, 0.717) is 18.9 Å². The second kappa shape index (κ2) is 6.02. The zero-order chi connectivity index (χ0) is 10.4. The SMILES string of the molecule is CC1CCCCC1CNC(=O)CCN. The highest BCUT2D eigenvalue weighted by Gasteiger charge is 2.21. The van der Waals surface area contributed by atoms with Crippen LogP contribution in [0.5, 0.6) is 0 Å². The van der Waals surface area contributed by atoms with E-state index in [4.69, 9.17) is 5.73 Å². The molecule has 82 valence electrons. The van der Waals surface area contributed by atoms with Gasteiger partial charge in [-0.05, 0) is 18.3 Å². The smallest absolute Gasteiger partial charge is 0.221 e. The summed E-state index contributed by atoms with van der Waals surface area (Å²) in [4.78, 5) is 11.2. The molecule has 0 radical (unpaired) electrons. The standard InChI is InChI=1S/C11H22N2O/c1-9-4-2-3-5-10(9)8-13-11(14)6-7-12/h9-10H,2-8,12H2,1H3,(H,13,14). The van der Waals surface area contributed by atoms with Crippen LogP contribution in [0.3, 0.4) is 0 Å². The predicted octanol–water partition coefficient (Wildman–Crippen LogP) is 1.28. The lowest BCUT2D eigenvalue weighted by molar-refractivity contribution is -0.121. The van der Waals surface area contributed by atoms with Crippen molar-refractivity contribution in [2.24, 2.45) is 17.6 Å². The molecular weight excluding hydrogens is 176 g/mol. The molecule has 1 aliphatic carbocycles. The van der Waals surface area contributed by atoms with E-state index in [2.05, 4.69) is 12.2 Å². The molecule has 3 N–H and O–H groups in total. The van der Waals surface area contributed by atoms with E-state index in [1.165, 1.54) is 25.7 Å². The summed E-state index contributed by atoms with van der Waals surface area (Å²) in [6, 6.07) is 0. The highest BCUT2D eigenvalue weighted by atomic mass is 16.1. The number of rotatable bonds is 4. The first-order valence-electron chi connectivity index (χ1n) is 5.70. The quantitative estimate of drug-likeness (QED) is 0.715. The number of carbonyl (C=O) groups excluding carboxylic acids is 1. The van der Waals surface area contributed by atoms with Crippen LogP contribution in [0.25, 0.3) is 0 Å². The van der Waals surface area contributed by atoms with Crippen molar-refractivity contribution in [1.82, 2.24) is 5.32 Å². The van der Waals surface area contributed by atoms with E-state index < -0.39 is 0 Å². The molecule has 2 atom stereocenters. The van der Waals surface area contributed by atoms with Crippen LogP contribution >= 0.6 is 0 Å². The molecule has 0 saturated heterocycles. The largest absolute Gasteiger partial charge is 0.356 e. The Kier molecular flexibility index (Phi) is 4.94. The Morgan fingerprint density at radius 2 is 2.14 bits per heavy atom. The Morgan fingerprint density at radius 3 is 2.79 bits per heavy atom. The molecule has 2 unspecified atom stereocenters. The number of carbonyl (C=O) groups is 1. The lowest BCUT2D eigenvalue weighted by atomic mass is 9.80. The van der Waals surface area contributed by atoms with Gasteiger partial charge in [-0.15, -0.1) is 0 Å². The molecule has 1 rings (SSSR count). The normalized spacial score (nSPS) is 27.3. The van der Waals surface area contributed by atoms with Crippen LogP contribution in [0.1, 0.15) is 39.0 Å². The van der Waals surface area contributed by atoms with Gasteiger partial charge in [-0.3, -0.25) is 4.79 Å². The minimum atomic E-state index is 0.102. The van der Waals surface area contributed by atoms with Gasteiger partial charge in [0.1, 0.15) is 0 Å². The molecule has 0 heterocycles. The van der Waals surface area contributed by atoms with E-state index in [9.17, 15) is 4.79 Å². The molecule has 1 aliphatic rings. The Balaban J connectivity index is 2.19. The van der Waals surface area contributed by atoms with Crippen LogP contribution in [0, 0.1) is 11.8 Å². The van der Waals surface area contributed by atoms with Crippen molar-refractivity contribution >= 4 is 5.91 Å². The Bertz CT molecular complexity index is 182. The van der Waals surface area contributed by atoms with E-state index in [1.807, 2.05) is 0 Å². The molecule has 3 nitrogen and oxygen atoms in total. The fourth-order valence-corrected chi connectivity index (χ4v) is 2.16. The highest BCUT2D eigenvalue weighted by molar-refractivity contribution is 5.75. The molecule has 0 aliphatic heterocycles. The third-order valence-corrected chi connectivity index (χ3v) is 3.22. The summed E-state index contributed by atoms with van der Waals surface area (Å²) in [6.45, 7) is 3.59. The third kappa shape index (κ3) is 3.66. The lowest BCUT2D eigenvalue weighted by Gasteiger charge is -2.28. The van der Waals surface area contributed by atoms with Gasteiger partial charge in [0.15, 0.2) is 0 Å². The van der Waals surface area contributed by atoms with Crippen LogP contribution in [-0.2, 0) is 4.79 Å². The lowest BCUT2D eigenvalue weighted by Crippen LogP contribution is -2.34. The molecule has 0 aromatic heterocycles. The summed E-state index contributed by atoms with van der Waals surface area (Å²) in [6.07, 6.45) is 5.72. The molecule has 0 bridgehead atoms. The van der Waals surface area contributed by atoms with Crippen molar-refractivity contribution in [1.29, 1.82) is 0 Å². The number of hydrogen-bond donors (Lipinski definition) is 2. The minimum absolute atomic E-state index is 0.102. The van der Waals surface area contributed by atoms with Gasteiger partial charge < -0.3 is 11.1 Å². The highest BCUT2D eigenvalue weighted by Crippen LogP contribution is 2.28. The van der Waals surface area contributed by atoms with Crippen molar-refractivity contribution in [2.75, 3.05) is 13.1 Å². The van der Waals surface area contributed by atoms with Crippen molar-refractivity contribution in [3.63, 3.8) is 0 Å². The Labute approximate surface area is 86.4 Å². The topological polar surface area (TPSA) is 55.1 Å². The molecule has 14 heavy (non-hydrogen) atoms. The van der Waals surface area contributed by atoms with Crippen LogP contribution in [0.15, 0.2) is 0 Å². The predicted molar refractivity (Wildman–Crippen MR) is 57.8 cm³/mol. The molecule has 0 aromatic carbocycles. The molecule has 0 aromatic rings. The molecule has 1 amide bonds.